The van der Waals surface area contributed by atoms with Gasteiger partial charge in [0.25, 0.3) is 11.8 Å². The quantitative estimate of drug-likeness (QED) is 0.394. The number of urea groups is 1. The van der Waals surface area contributed by atoms with Crippen LogP contribution in [-0.4, -0.2) is 34.3 Å². The minimum absolute atomic E-state index is 0.253. The summed E-state index contributed by atoms with van der Waals surface area (Å²) in [5.74, 6) is -0.551. The van der Waals surface area contributed by atoms with Gasteiger partial charge in [-0.1, -0.05) is 37.3 Å². The Bertz CT molecular complexity index is 1520. The van der Waals surface area contributed by atoms with Gasteiger partial charge in [-0.3, -0.25) is 9.59 Å². The Morgan fingerprint density at radius 2 is 1.72 bits per heavy atom. The summed E-state index contributed by atoms with van der Waals surface area (Å²) in [5.41, 5.74) is 4.52. The van der Waals surface area contributed by atoms with E-state index >= 15 is 0 Å². The van der Waals surface area contributed by atoms with E-state index in [0.29, 0.717) is 29.9 Å². The first kappa shape index (κ1) is 22.1. The molecule has 1 aromatic heterocycles. The van der Waals surface area contributed by atoms with Crippen LogP contribution in [0, 0.1) is 0 Å². The lowest BCUT2D eigenvalue weighted by atomic mass is 9.87. The number of anilines is 2. The molecule has 2 N–H and O–H groups in total. The minimum atomic E-state index is -1.11. The maximum Gasteiger partial charge on any atom is 0.332 e. The van der Waals surface area contributed by atoms with E-state index in [1.165, 1.54) is 10.5 Å². The summed E-state index contributed by atoms with van der Waals surface area (Å²) in [6, 6.07) is 21.9. The van der Waals surface area contributed by atoms with Gasteiger partial charge in [-0.25, -0.2) is 9.69 Å². The van der Waals surface area contributed by atoms with E-state index < -0.39 is 5.54 Å². The maximum atomic E-state index is 13.8. The first-order valence-corrected chi connectivity index (χ1v) is 12.2. The van der Waals surface area contributed by atoms with Crippen molar-refractivity contribution >= 4 is 40.1 Å². The Kier molecular flexibility index (Phi) is 4.96. The van der Waals surface area contributed by atoms with Crippen molar-refractivity contribution in [3.8, 4) is 0 Å². The van der Waals surface area contributed by atoms with Crippen LogP contribution in [0.3, 0.4) is 0 Å². The number of aromatic nitrogens is 1. The highest BCUT2D eigenvalue weighted by atomic mass is 16.2. The zero-order valence-corrected chi connectivity index (χ0v) is 20.2. The number of rotatable bonds is 4. The highest BCUT2D eigenvalue weighted by Crippen LogP contribution is 2.45. The molecule has 0 spiro atoms. The number of para-hydroxylation sites is 1. The number of hydrogen-bond donors (Lipinski definition) is 2. The summed E-state index contributed by atoms with van der Waals surface area (Å²) in [5, 5.41) is 3.98. The van der Waals surface area contributed by atoms with Crippen molar-refractivity contribution in [2.75, 3.05) is 16.8 Å². The number of aryl methyl sites for hydroxylation is 1. The SMILES string of the molecule is CCc1ccc(NC(=O)c2ccc(N3C(=O)N4CCc5c([nH]c6ccccc56)[C@@]4(C)C3=O)cc2)cc1. The van der Waals surface area contributed by atoms with Gasteiger partial charge in [-0.05, 0) is 73.4 Å². The van der Waals surface area contributed by atoms with Gasteiger partial charge in [0.05, 0.1) is 11.4 Å². The highest BCUT2D eigenvalue weighted by molar-refractivity contribution is 6.23. The highest BCUT2D eigenvalue weighted by Gasteiger charge is 2.59. The summed E-state index contributed by atoms with van der Waals surface area (Å²) in [6.45, 7) is 4.35. The van der Waals surface area contributed by atoms with Crippen LogP contribution in [0.4, 0.5) is 16.2 Å². The molecule has 7 heteroatoms. The fourth-order valence-electron chi connectivity index (χ4n) is 5.41. The Balaban J connectivity index is 1.28. The van der Waals surface area contributed by atoms with E-state index in [1.54, 1.807) is 29.2 Å². The smallest absolute Gasteiger partial charge is 0.332 e. The van der Waals surface area contributed by atoms with Crippen molar-refractivity contribution in [1.29, 1.82) is 0 Å². The summed E-state index contributed by atoms with van der Waals surface area (Å²) < 4.78 is 0. The summed E-state index contributed by atoms with van der Waals surface area (Å²) >= 11 is 0. The Morgan fingerprint density at radius 3 is 2.44 bits per heavy atom. The molecule has 1 atom stereocenters. The number of benzene rings is 3. The molecular formula is C29H26N4O3. The van der Waals surface area contributed by atoms with Gasteiger partial charge in [-0.15, -0.1) is 0 Å². The molecule has 0 radical (unpaired) electrons. The van der Waals surface area contributed by atoms with E-state index in [-0.39, 0.29) is 17.8 Å². The minimum Gasteiger partial charge on any atom is -0.356 e. The largest absolute Gasteiger partial charge is 0.356 e. The lowest BCUT2D eigenvalue weighted by molar-refractivity contribution is -0.125. The number of carbonyl (C=O) groups excluding carboxylic acids is 3. The van der Waals surface area contributed by atoms with Crippen LogP contribution >= 0.6 is 0 Å². The van der Waals surface area contributed by atoms with E-state index in [9.17, 15) is 14.4 Å². The fraction of sp³-hybridized carbons (Fsp3) is 0.207. The third-order valence-electron chi connectivity index (χ3n) is 7.48. The first-order chi connectivity index (χ1) is 17.4. The molecule has 0 unspecified atom stereocenters. The third-order valence-corrected chi connectivity index (χ3v) is 7.48. The number of amides is 4. The maximum absolute atomic E-state index is 13.8. The number of carbonyl (C=O) groups is 3. The number of aromatic amines is 1. The predicted octanol–water partition coefficient (Wildman–Crippen LogP) is 5.22. The molecule has 7 nitrogen and oxygen atoms in total. The molecule has 3 aromatic carbocycles. The van der Waals surface area contributed by atoms with Crippen molar-refractivity contribution in [1.82, 2.24) is 9.88 Å². The second-order valence-electron chi connectivity index (χ2n) is 9.47. The van der Waals surface area contributed by atoms with E-state index in [1.807, 2.05) is 55.5 Å². The molecular weight excluding hydrogens is 452 g/mol. The molecule has 36 heavy (non-hydrogen) atoms. The summed E-state index contributed by atoms with van der Waals surface area (Å²) in [4.78, 5) is 46.2. The van der Waals surface area contributed by atoms with Crippen LogP contribution in [-0.2, 0) is 23.2 Å². The number of fused-ring (bicyclic) bond motifs is 5. The molecule has 6 rings (SSSR count). The Labute approximate surface area is 208 Å². The van der Waals surface area contributed by atoms with Gasteiger partial charge in [0.2, 0.25) is 0 Å². The fourth-order valence-corrected chi connectivity index (χ4v) is 5.41. The molecule has 1 saturated heterocycles. The molecule has 1 fully saturated rings. The van der Waals surface area contributed by atoms with Crippen molar-refractivity contribution < 1.29 is 14.4 Å². The second kappa shape index (κ2) is 8.09. The van der Waals surface area contributed by atoms with Gasteiger partial charge in [0.1, 0.15) is 0 Å². The van der Waals surface area contributed by atoms with Crippen LogP contribution < -0.4 is 10.2 Å². The molecule has 0 bridgehead atoms. The molecule has 2 aliphatic rings. The molecule has 180 valence electrons. The van der Waals surface area contributed by atoms with Crippen molar-refractivity contribution in [3.63, 3.8) is 0 Å². The van der Waals surface area contributed by atoms with Gasteiger partial charge >= 0.3 is 6.03 Å². The lowest BCUT2D eigenvalue weighted by Crippen LogP contribution is -2.49. The molecule has 2 aliphatic heterocycles. The lowest BCUT2D eigenvalue weighted by Gasteiger charge is -2.35. The summed E-state index contributed by atoms with van der Waals surface area (Å²) in [7, 11) is 0. The zero-order chi connectivity index (χ0) is 25.0. The van der Waals surface area contributed by atoms with Crippen LogP contribution in [0.2, 0.25) is 0 Å². The molecule has 0 saturated carbocycles. The van der Waals surface area contributed by atoms with Crippen molar-refractivity contribution in [2.45, 2.75) is 32.2 Å². The van der Waals surface area contributed by atoms with Crippen LogP contribution in [0.5, 0.6) is 0 Å². The zero-order valence-electron chi connectivity index (χ0n) is 20.2. The topological polar surface area (TPSA) is 85.5 Å². The number of H-pyrrole nitrogens is 1. The van der Waals surface area contributed by atoms with Gasteiger partial charge in [0.15, 0.2) is 5.54 Å². The van der Waals surface area contributed by atoms with E-state index in [0.717, 1.165) is 28.6 Å². The average Bonchev–Trinajstić information content (AvgIpc) is 3.38. The van der Waals surface area contributed by atoms with Crippen LogP contribution in [0.1, 0.15) is 41.0 Å². The van der Waals surface area contributed by atoms with E-state index in [2.05, 4.69) is 17.2 Å². The second-order valence-corrected chi connectivity index (χ2v) is 9.47. The van der Waals surface area contributed by atoms with Gasteiger partial charge in [-0.2, -0.15) is 0 Å². The van der Waals surface area contributed by atoms with Crippen molar-refractivity contribution in [2.24, 2.45) is 0 Å². The Hall–Kier alpha value is -4.39. The molecule has 4 amide bonds. The Morgan fingerprint density at radius 1 is 1.00 bits per heavy atom. The van der Waals surface area contributed by atoms with Crippen LogP contribution in [0.25, 0.3) is 10.9 Å². The third kappa shape index (κ3) is 3.16. The summed E-state index contributed by atoms with van der Waals surface area (Å²) in [6.07, 6.45) is 1.61. The molecule has 4 aromatic rings. The molecule has 0 aliphatic carbocycles. The van der Waals surface area contributed by atoms with Crippen molar-refractivity contribution in [3.05, 3.63) is 95.2 Å². The first-order valence-electron chi connectivity index (χ1n) is 12.2. The number of nitrogens with one attached hydrogen (secondary N) is 2. The normalized spacial score (nSPS) is 18.9. The predicted molar refractivity (Wildman–Crippen MR) is 139 cm³/mol. The van der Waals surface area contributed by atoms with Gasteiger partial charge in [0, 0.05) is 28.7 Å². The number of imide groups is 1. The van der Waals surface area contributed by atoms with Gasteiger partial charge < -0.3 is 15.2 Å². The number of nitrogens with zero attached hydrogens (tertiary/aromatic N) is 2. The standard InChI is InChI=1S/C29H26N4O3/c1-3-18-8-12-20(13-9-18)30-26(34)19-10-14-21(15-11-19)33-27(35)29(2)25-23(16-17-32(29)28(33)36)22-6-4-5-7-24(22)31-25/h4-15,31H,3,16-17H2,1-2H3,(H,30,34)/t29-/m0/s1. The van der Waals surface area contributed by atoms with Crippen LogP contribution in [0.15, 0.2) is 72.8 Å². The molecule has 3 heterocycles. The average molecular weight is 479 g/mol. The monoisotopic (exact) mass is 478 g/mol. The van der Waals surface area contributed by atoms with E-state index in [4.69, 9.17) is 0 Å². The number of hydrogen-bond acceptors (Lipinski definition) is 3.